The largest absolute Gasteiger partial charge is 0.309 e. The molecule has 0 amide bonds. The molecule has 64 heavy (non-hydrogen) atoms. The highest BCUT2D eigenvalue weighted by Crippen LogP contribution is 2.64. The molecule has 0 unspecified atom stereocenters. The maximum atomic E-state index is 2.55. The van der Waals surface area contributed by atoms with E-state index in [0.717, 1.165) is 11.4 Å². The maximum Gasteiger partial charge on any atom is 0.0726 e. The fraction of sp³-hybridized carbons (Fsp3) is 0.0323. The Morgan fingerprint density at radius 3 is 1.38 bits per heavy atom. The van der Waals surface area contributed by atoms with Crippen molar-refractivity contribution in [1.29, 1.82) is 0 Å². The molecule has 2 heteroatoms. The second-order valence-corrected chi connectivity index (χ2v) is 18.5. The minimum atomic E-state index is -0.474. The topological polar surface area (TPSA) is 3.24 Å². The number of anilines is 3. The molecule has 11 aromatic rings. The SMILES string of the molecule is c1ccc(C2(c3ccccc3)c3ccccc3-c3cc(N(c4ccc5c(c4)C4(c6ccccc6-c6ccccc64)c4ccccc4-5)c4cccc5c4sc4ccccc45)ccc32)cc1. The molecule has 1 heterocycles. The number of rotatable bonds is 5. The first-order valence-electron chi connectivity index (χ1n) is 22.3. The van der Waals surface area contributed by atoms with Gasteiger partial charge in [-0.1, -0.05) is 200 Å². The molecule has 0 fully saturated rings. The van der Waals surface area contributed by atoms with Crippen molar-refractivity contribution in [3.8, 4) is 33.4 Å². The standard InChI is InChI=1S/C62H39NS/c1-3-18-40(19-4-1)61(41-20-5-2-6-21-41)52-28-12-10-25-47(52)51-38-42(35-37-56(51)61)63(58-32-17-27-50-49-26-11-16-33-59(49)64-60(50)58)43-34-36-48-46-24-9-15-31-55(46)62(57(48)39-43)53-29-13-7-22-44(53)45-23-8-14-30-54(45)62/h1-39H. The molecule has 14 rings (SSSR count). The van der Waals surface area contributed by atoms with Gasteiger partial charge < -0.3 is 4.90 Å². The summed E-state index contributed by atoms with van der Waals surface area (Å²) in [5.41, 5.74) is 20.8. The summed E-state index contributed by atoms with van der Waals surface area (Å²) in [5.74, 6) is 0. The lowest BCUT2D eigenvalue weighted by Crippen LogP contribution is -2.28. The van der Waals surface area contributed by atoms with Crippen LogP contribution < -0.4 is 4.90 Å². The molecule has 0 bridgehead atoms. The van der Waals surface area contributed by atoms with Crippen molar-refractivity contribution >= 4 is 48.6 Å². The second-order valence-electron chi connectivity index (χ2n) is 17.5. The Bertz CT molecular complexity index is 3590. The van der Waals surface area contributed by atoms with Crippen LogP contribution >= 0.6 is 11.3 Å². The van der Waals surface area contributed by atoms with Gasteiger partial charge >= 0.3 is 0 Å². The average Bonchev–Trinajstić information content (AvgIpc) is 4.08. The van der Waals surface area contributed by atoms with Crippen molar-refractivity contribution < 1.29 is 0 Å². The van der Waals surface area contributed by atoms with Crippen molar-refractivity contribution in [2.24, 2.45) is 0 Å². The van der Waals surface area contributed by atoms with E-state index in [1.54, 1.807) is 0 Å². The number of nitrogens with zero attached hydrogens (tertiary/aromatic N) is 1. The molecule has 10 aromatic carbocycles. The Balaban J connectivity index is 1.06. The van der Waals surface area contributed by atoms with Crippen LogP contribution in [0.15, 0.2) is 237 Å². The summed E-state index contributed by atoms with van der Waals surface area (Å²) in [7, 11) is 0. The summed E-state index contributed by atoms with van der Waals surface area (Å²) in [6.07, 6.45) is 0. The third-order valence-corrected chi connectivity index (χ3v) is 15.8. The summed E-state index contributed by atoms with van der Waals surface area (Å²) in [5, 5.41) is 2.58. The number of benzene rings is 10. The highest BCUT2D eigenvalue weighted by molar-refractivity contribution is 7.26. The van der Waals surface area contributed by atoms with Gasteiger partial charge in [0.25, 0.3) is 0 Å². The molecule has 3 aliphatic carbocycles. The van der Waals surface area contributed by atoms with Gasteiger partial charge in [-0.05, 0) is 114 Å². The van der Waals surface area contributed by atoms with Crippen LogP contribution in [0, 0.1) is 0 Å². The molecule has 0 radical (unpaired) electrons. The van der Waals surface area contributed by atoms with Crippen LogP contribution in [-0.2, 0) is 10.8 Å². The average molecular weight is 830 g/mol. The van der Waals surface area contributed by atoms with Gasteiger partial charge in [0, 0.05) is 26.8 Å². The van der Waals surface area contributed by atoms with Gasteiger partial charge in [0.05, 0.1) is 21.2 Å². The molecular formula is C62H39NS. The molecule has 1 aromatic heterocycles. The molecular weight excluding hydrogens is 791 g/mol. The van der Waals surface area contributed by atoms with Crippen LogP contribution in [0.1, 0.15) is 44.5 Å². The van der Waals surface area contributed by atoms with Crippen molar-refractivity contribution in [3.63, 3.8) is 0 Å². The highest BCUT2D eigenvalue weighted by Gasteiger charge is 2.52. The lowest BCUT2D eigenvalue weighted by atomic mass is 9.68. The number of hydrogen-bond donors (Lipinski definition) is 0. The highest BCUT2D eigenvalue weighted by atomic mass is 32.1. The van der Waals surface area contributed by atoms with E-state index in [1.165, 1.54) is 104 Å². The van der Waals surface area contributed by atoms with E-state index in [2.05, 4.69) is 241 Å². The normalized spacial score (nSPS) is 14.2. The molecule has 1 nitrogen and oxygen atoms in total. The van der Waals surface area contributed by atoms with Crippen molar-refractivity contribution in [2.45, 2.75) is 10.8 Å². The second kappa shape index (κ2) is 13.4. The van der Waals surface area contributed by atoms with Crippen LogP contribution in [0.25, 0.3) is 53.6 Å². The van der Waals surface area contributed by atoms with E-state index in [9.17, 15) is 0 Å². The summed E-state index contributed by atoms with van der Waals surface area (Å²) in [6.45, 7) is 0. The molecule has 0 saturated carbocycles. The van der Waals surface area contributed by atoms with Crippen molar-refractivity contribution in [1.82, 2.24) is 0 Å². The molecule has 1 spiro atoms. The molecule has 298 valence electrons. The first-order valence-corrected chi connectivity index (χ1v) is 23.1. The molecule has 0 saturated heterocycles. The van der Waals surface area contributed by atoms with Gasteiger partial charge in [-0.15, -0.1) is 11.3 Å². The summed E-state index contributed by atoms with van der Waals surface area (Å²) >= 11 is 1.89. The van der Waals surface area contributed by atoms with Gasteiger partial charge in [0.1, 0.15) is 0 Å². The summed E-state index contributed by atoms with van der Waals surface area (Å²) in [6, 6.07) is 88.9. The number of fused-ring (bicyclic) bond motifs is 16. The predicted octanol–water partition coefficient (Wildman–Crippen LogP) is 16.2. The lowest BCUT2D eigenvalue weighted by molar-refractivity contribution is 0.768. The Hall–Kier alpha value is -7.78. The Kier molecular flexibility index (Phi) is 7.47. The monoisotopic (exact) mass is 829 g/mol. The van der Waals surface area contributed by atoms with E-state index in [4.69, 9.17) is 0 Å². The summed E-state index contributed by atoms with van der Waals surface area (Å²) in [4.78, 5) is 2.55. The predicted molar refractivity (Wildman–Crippen MR) is 268 cm³/mol. The van der Waals surface area contributed by atoms with E-state index in [1.807, 2.05) is 11.3 Å². The van der Waals surface area contributed by atoms with E-state index in [-0.39, 0.29) is 0 Å². The van der Waals surface area contributed by atoms with Crippen LogP contribution in [0.4, 0.5) is 17.1 Å². The first kappa shape index (κ1) is 35.8. The smallest absolute Gasteiger partial charge is 0.0726 e. The molecule has 0 N–H and O–H groups in total. The van der Waals surface area contributed by atoms with Gasteiger partial charge in [0.2, 0.25) is 0 Å². The molecule has 0 atom stereocenters. The molecule has 3 aliphatic rings. The number of thiophene rings is 1. The third-order valence-electron chi connectivity index (χ3n) is 14.6. The Labute approximate surface area is 376 Å². The van der Waals surface area contributed by atoms with Crippen LogP contribution in [-0.4, -0.2) is 0 Å². The van der Waals surface area contributed by atoms with E-state index >= 15 is 0 Å². The zero-order valence-electron chi connectivity index (χ0n) is 34.9. The third kappa shape index (κ3) is 4.57. The maximum absolute atomic E-state index is 2.55. The quantitative estimate of drug-likeness (QED) is 0.167. The minimum absolute atomic E-state index is 0.452. The van der Waals surface area contributed by atoms with Crippen molar-refractivity contribution in [3.05, 3.63) is 281 Å². The van der Waals surface area contributed by atoms with Gasteiger partial charge in [-0.3, -0.25) is 0 Å². The Morgan fingerprint density at radius 1 is 0.297 bits per heavy atom. The molecule has 0 aliphatic heterocycles. The van der Waals surface area contributed by atoms with E-state index < -0.39 is 10.8 Å². The van der Waals surface area contributed by atoms with Gasteiger partial charge in [0.15, 0.2) is 0 Å². The van der Waals surface area contributed by atoms with Crippen molar-refractivity contribution in [2.75, 3.05) is 4.90 Å². The first-order chi connectivity index (χ1) is 31.8. The number of hydrogen-bond acceptors (Lipinski definition) is 2. The Morgan fingerprint density at radius 2 is 0.750 bits per heavy atom. The minimum Gasteiger partial charge on any atom is -0.309 e. The zero-order chi connectivity index (χ0) is 42.0. The summed E-state index contributed by atoms with van der Waals surface area (Å²) < 4.78 is 2.58. The van der Waals surface area contributed by atoms with Gasteiger partial charge in [-0.2, -0.15) is 0 Å². The van der Waals surface area contributed by atoms with E-state index in [0.29, 0.717) is 0 Å². The van der Waals surface area contributed by atoms with Crippen LogP contribution in [0.2, 0.25) is 0 Å². The zero-order valence-corrected chi connectivity index (χ0v) is 35.7. The van der Waals surface area contributed by atoms with Crippen LogP contribution in [0.3, 0.4) is 0 Å². The fourth-order valence-corrected chi connectivity index (χ4v) is 13.3. The fourth-order valence-electron chi connectivity index (χ4n) is 12.1. The van der Waals surface area contributed by atoms with Gasteiger partial charge in [-0.25, -0.2) is 0 Å². The lowest BCUT2D eigenvalue weighted by Gasteiger charge is -2.34. The van der Waals surface area contributed by atoms with Crippen LogP contribution in [0.5, 0.6) is 0 Å².